The number of nitrogens with two attached hydrogens (primary N) is 1. The number of benzene rings is 1. The number of carbonyl (C=O) groups excluding carboxylic acids is 1. The number of pyridine rings is 1. The molecule has 0 aliphatic heterocycles. The largest absolute Gasteiger partial charge is 0.439 e. The summed E-state index contributed by atoms with van der Waals surface area (Å²) in [7, 11) is 0. The van der Waals surface area contributed by atoms with Gasteiger partial charge in [-0.15, -0.1) is 0 Å². The first-order valence-electron chi connectivity index (χ1n) is 9.60. The van der Waals surface area contributed by atoms with E-state index in [2.05, 4.69) is 10.3 Å². The molecule has 2 unspecified atom stereocenters. The first-order valence-corrected chi connectivity index (χ1v) is 9.60. The summed E-state index contributed by atoms with van der Waals surface area (Å²) in [6.45, 7) is 10.4. The van der Waals surface area contributed by atoms with Crippen molar-refractivity contribution in [2.75, 3.05) is 11.9 Å². The SMILES string of the molecule is CCOC1CC(N)(C(=O)Nc2ccc(C)c(Oc3cc(C)ccn3)c2)C1(C)C. The minimum atomic E-state index is -0.975. The Morgan fingerprint density at radius 3 is 2.68 bits per heavy atom. The lowest BCUT2D eigenvalue weighted by Crippen LogP contribution is -2.74. The molecule has 0 spiro atoms. The predicted molar refractivity (Wildman–Crippen MR) is 110 cm³/mol. The molecule has 0 bridgehead atoms. The third kappa shape index (κ3) is 3.62. The topological polar surface area (TPSA) is 86.5 Å². The first kappa shape index (κ1) is 20.3. The molecule has 6 heteroatoms. The van der Waals surface area contributed by atoms with Gasteiger partial charge in [-0.2, -0.15) is 0 Å². The molecule has 2 aromatic rings. The number of hydrogen-bond donors (Lipinski definition) is 2. The molecule has 1 aliphatic rings. The Balaban J connectivity index is 1.75. The molecule has 6 nitrogen and oxygen atoms in total. The van der Waals surface area contributed by atoms with Gasteiger partial charge in [-0.3, -0.25) is 4.79 Å². The number of rotatable bonds is 6. The molecule has 0 radical (unpaired) electrons. The summed E-state index contributed by atoms with van der Waals surface area (Å²) in [6, 6.07) is 9.32. The van der Waals surface area contributed by atoms with Gasteiger partial charge in [0.1, 0.15) is 11.3 Å². The van der Waals surface area contributed by atoms with Gasteiger partial charge in [0.05, 0.1) is 6.10 Å². The fourth-order valence-electron chi connectivity index (χ4n) is 3.53. The maximum Gasteiger partial charge on any atom is 0.245 e. The Morgan fingerprint density at radius 2 is 2.04 bits per heavy atom. The number of nitrogens with zero attached hydrogens (tertiary/aromatic N) is 1. The smallest absolute Gasteiger partial charge is 0.245 e. The van der Waals surface area contributed by atoms with Crippen LogP contribution in [-0.4, -0.2) is 29.1 Å². The highest BCUT2D eigenvalue weighted by Crippen LogP contribution is 2.50. The van der Waals surface area contributed by atoms with Gasteiger partial charge < -0.3 is 20.5 Å². The number of ether oxygens (including phenoxy) is 2. The van der Waals surface area contributed by atoms with Crippen LogP contribution >= 0.6 is 0 Å². The summed E-state index contributed by atoms with van der Waals surface area (Å²) in [6.07, 6.45) is 2.19. The molecule has 28 heavy (non-hydrogen) atoms. The zero-order chi connectivity index (χ0) is 20.5. The molecule has 0 saturated heterocycles. The summed E-state index contributed by atoms with van der Waals surface area (Å²) in [5, 5.41) is 2.95. The Kier molecular flexibility index (Phi) is 5.46. The predicted octanol–water partition coefficient (Wildman–Crippen LogP) is 3.96. The maximum absolute atomic E-state index is 12.9. The van der Waals surface area contributed by atoms with Gasteiger partial charge in [0.15, 0.2) is 0 Å². The Labute approximate surface area is 166 Å². The van der Waals surface area contributed by atoms with Crippen LogP contribution in [0.4, 0.5) is 5.69 Å². The van der Waals surface area contributed by atoms with E-state index >= 15 is 0 Å². The number of amides is 1. The highest BCUT2D eigenvalue weighted by Gasteiger charge is 2.62. The van der Waals surface area contributed by atoms with Crippen LogP contribution in [0.25, 0.3) is 0 Å². The summed E-state index contributed by atoms with van der Waals surface area (Å²) >= 11 is 0. The van der Waals surface area contributed by atoms with Crippen molar-refractivity contribution < 1.29 is 14.3 Å². The van der Waals surface area contributed by atoms with E-state index < -0.39 is 11.0 Å². The van der Waals surface area contributed by atoms with Crippen LogP contribution in [0.3, 0.4) is 0 Å². The molecule has 1 aliphatic carbocycles. The average molecular weight is 383 g/mol. The van der Waals surface area contributed by atoms with Crippen molar-refractivity contribution in [1.29, 1.82) is 0 Å². The highest BCUT2D eigenvalue weighted by atomic mass is 16.5. The molecule has 1 saturated carbocycles. The molecule has 2 atom stereocenters. The highest BCUT2D eigenvalue weighted by molar-refractivity contribution is 6.00. The Bertz CT molecular complexity index is 881. The second-order valence-electron chi connectivity index (χ2n) is 8.05. The molecule has 1 heterocycles. The van der Waals surface area contributed by atoms with E-state index in [1.165, 1.54) is 0 Å². The van der Waals surface area contributed by atoms with Crippen LogP contribution in [0.15, 0.2) is 36.5 Å². The molecule has 1 fully saturated rings. The van der Waals surface area contributed by atoms with Crippen molar-refractivity contribution in [3.8, 4) is 11.6 Å². The Hall–Kier alpha value is -2.44. The standard InChI is InChI=1S/C22H29N3O3/c1-6-27-18-13-22(23,21(18,4)5)20(26)25-16-8-7-15(3)17(12-16)28-19-11-14(2)9-10-24-19/h7-12,18H,6,13,23H2,1-5H3,(H,25,26). The second-order valence-corrected chi connectivity index (χ2v) is 8.05. The number of nitrogens with one attached hydrogen (secondary N) is 1. The third-order valence-electron chi connectivity index (χ3n) is 5.79. The van der Waals surface area contributed by atoms with E-state index in [9.17, 15) is 4.79 Å². The van der Waals surface area contributed by atoms with E-state index in [4.69, 9.17) is 15.2 Å². The zero-order valence-electron chi connectivity index (χ0n) is 17.2. The Morgan fingerprint density at radius 1 is 1.29 bits per heavy atom. The number of hydrogen-bond acceptors (Lipinski definition) is 5. The summed E-state index contributed by atoms with van der Waals surface area (Å²) in [5.41, 5.74) is 7.70. The molecule has 3 N–H and O–H groups in total. The lowest BCUT2D eigenvalue weighted by Gasteiger charge is -2.57. The number of carbonyl (C=O) groups is 1. The summed E-state index contributed by atoms with van der Waals surface area (Å²) in [5.74, 6) is 0.945. The molecular formula is C22H29N3O3. The van der Waals surface area contributed by atoms with E-state index in [-0.39, 0.29) is 12.0 Å². The number of aromatic nitrogens is 1. The van der Waals surface area contributed by atoms with E-state index in [1.807, 2.05) is 58.9 Å². The maximum atomic E-state index is 12.9. The van der Waals surface area contributed by atoms with E-state index in [0.717, 1.165) is 11.1 Å². The van der Waals surface area contributed by atoms with Crippen molar-refractivity contribution in [3.63, 3.8) is 0 Å². The van der Waals surface area contributed by atoms with Gasteiger partial charge in [0, 0.05) is 42.5 Å². The van der Waals surface area contributed by atoms with Gasteiger partial charge >= 0.3 is 0 Å². The van der Waals surface area contributed by atoms with Gasteiger partial charge in [-0.1, -0.05) is 19.9 Å². The fourth-order valence-corrected chi connectivity index (χ4v) is 3.53. The minimum Gasteiger partial charge on any atom is -0.439 e. The van der Waals surface area contributed by atoms with Crippen molar-refractivity contribution in [2.45, 2.75) is 52.7 Å². The average Bonchev–Trinajstić information content (AvgIpc) is 2.64. The summed E-state index contributed by atoms with van der Waals surface area (Å²) in [4.78, 5) is 17.2. The molecular weight excluding hydrogens is 354 g/mol. The fraction of sp³-hybridized carbons (Fsp3) is 0.455. The minimum absolute atomic E-state index is 0.0162. The monoisotopic (exact) mass is 383 g/mol. The lowest BCUT2D eigenvalue weighted by molar-refractivity contribution is -0.166. The van der Waals surface area contributed by atoms with Crippen LogP contribution in [0.1, 0.15) is 38.3 Å². The molecule has 150 valence electrons. The van der Waals surface area contributed by atoms with Crippen LogP contribution in [-0.2, 0) is 9.53 Å². The molecule has 1 aromatic carbocycles. The second kappa shape index (κ2) is 7.53. The van der Waals surface area contributed by atoms with Crippen molar-refractivity contribution in [2.24, 2.45) is 11.1 Å². The third-order valence-corrected chi connectivity index (χ3v) is 5.79. The quantitative estimate of drug-likeness (QED) is 0.788. The van der Waals surface area contributed by atoms with Gasteiger partial charge in [0.2, 0.25) is 11.8 Å². The van der Waals surface area contributed by atoms with E-state index in [0.29, 0.717) is 30.3 Å². The number of anilines is 1. The lowest BCUT2D eigenvalue weighted by atomic mass is 9.54. The normalized spacial score (nSPS) is 23.0. The van der Waals surface area contributed by atoms with Crippen molar-refractivity contribution >= 4 is 11.6 Å². The van der Waals surface area contributed by atoms with Crippen LogP contribution in [0, 0.1) is 19.3 Å². The summed E-state index contributed by atoms with van der Waals surface area (Å²) < 4.78 is 11.6. The van der Waals surface area contributed by atoms with Crippen LogP contribution < -0.4 is 15.8 Å². The van der Waals surface area contributed by atoms with E-state index in [1.54, 1.807) is 12.3 Å². The van der Waals surface area contributed by atoms with Crippen LogP contribution in [0.5, 0.6) is 11.6 Å². The first-order chi connectivity index (χ1) is 13.2. The van der Waals surface area contributed by atoms with Crippen LogP contribution in [0.2, 0.25) is 0 Å². The molecule has 1 aromatic heterocycles. The number of aryl methyl sites for hydroxylation is 2. The van der Waals surface area contributed by atoms with Gasteiger partial charge in [-0.25, -0.2) is 4.98 Å². The molecule has 3 rings (SSSR count). The van der Waals surface area contributed by atoms with Gasteiger partial charge in [0.25, 0.3) is 0 Å². The van der Waals surface area contributed by atoms with Gasteiger partial charge in [-0.05, 0) is 44.0 Å². The zero-order valence-corrected chi connectivity index (χ0v) is 17.2. The van der Waals surface area contributed by atoms with Crippen molar-refractivity contribution in [1.82, 2.24) is 4.98 Å². The van der Waals surface area contributed by atoms with Crippen molar-refractivity contribution in [3.05, 3.63) is 47.7 Å². The molecule has 1 amide bonds.